The van der Waals surface area contributed by atoms with Crippen molar-refractivity contribution in [1.29, 1.82) is 0 Å². The number of hydrogen-bond acceptors (Lipinski definition) is 16. The number of aliphatic hydroxyl groups is 6. The van der Waals surface area contributed by atoms with E-state index in [0.717, 1.165) is 63.4 Å². The molecule has 560 valence electrons. The van der Waals surface area contributed by atoms with E-state index in [9.17, 15) is 40.2 Å². The van der Waals surface area contributed by atoms with E-state index in [1.807, 2.05) is 13.0 Å². The summed E-state index contributed by atoms with van der Waals surface area (Å²) in [7, 11) is 0. The van der Waals surface area contributed by atoms with Gasteiger partial charge >= 0.3 is 11.9 Å². The molecule has 10 atom stereocenters. The maximum Gasteiger partial charge on any atom is 0.338 e. The first kappa shape index (κ1) is 85.8. The molecule has 0 saturated carbocycles. The number of carbonyl (C=O) groups is 2. The van der Waals surface area contributed by atoms with Crippen LogP contribution in [-0.4, -0.2) is 137 Å². The second-order valence-corrected chi connectivity index (χ2v) is 28.5. The Kier molecular flexibility index (Phi) is 49.6. The van der Waals surface area contributed by atoms with Crippen molar-refractivity contribution in [2.24, 2.45) is 0 Å². The van der Waals surface area contributed by atoms with Gasteiger partial charge in [-0.2, -0.15) is 0 Å². The Labute approximate surface area is 588 Å². The number of benzene rings is 2. The van der Waals surface area contributed by atoms with E-state index in [1.165, 1.54) is 250 Å². The molecule has 2 aliphatic heterocycles. The van der Waals surface area contributed by atoms with Crippen LogP contribution in [0.1, 0.15) is 355 Å². The molecule has 0 aromatic heterocycles. The number of ether oxygens (including phenoxy) is 8. The Morgan fingerprint density at radius 1 is 0.309 bits per heavy atom. The summed E-state index contributed by atoms with van der Waals surface area (Å²) in [6, 6.07) is 10.0. The third-order valence-corrected chi connectivity index (χ3v) is 19.6. The summed E-state index contributed by atoms with van der Waals surface area (Å²) in [4.78, 5) is 27.3. The summed E-state index contributed by atoms with van der Waals surface area (Å²) in [5.41, 5.74) is 1.11. The summed E-state index contributed by atoms with van der Waals surface area (Å²) in [6.45, 7) is 8.89. The molecule has 0 radical (unpaired) electrons. The van der Waals surface area contributed by atoms with E-state index in [1.54, 1.807) is 30.3 Å². The Morgan fingerprint density at radius 3 is 0.814 bits per heavy atom. The highest BCUT2D eigenvalue weighted by atomic mass is 16.8. The van der Waals surface area contributed by atoms with Crippen molar-refractivity contribution < 1.29 is 78.1 Å². The zero-order chi connectivity index (χ0) is 69.8. The van der Waals surface area contributed by atoms with Gasteiger partial charge < -0.3 is 68.5 Å². The van der Waals surface area contributed by atoms with Gasteiger partial charge in [0.05, 0.1) is 30.9 Å². The summed E-state index contributed by atoms with van der Waals surface area (Å²) in [5.74, 6) is -0.103. The van der Waals surface area contributed by atoms with E-state index >= 15 is 0 Å². The summed E-state index contributed by atoms with van der Waals surface area (Å²) >= 11 is 0. The van der Waals surface area contributed by atoms with E-state index in [4.69, 9.17) is 37.9 Å². The summed E-state index contributed by atoms with van der Waals surface area (Å²) < 4.78 is 47.3. The highest BCUT2D eigenvalue weighted by Crippen LogP contribution is 2.31. The number of hydrogen-bond donors (Lipinski definition) is 6. The van der Waals surface area contributed by atoms with Gasteiger partial charge in [0.1, 0.15) is 79.3 Å². The fourth-order valence-electron chi connectivity index (χ4n) is 13.3. The van der Waals surface area contributed by atoms with E-state index in [2.05, 4.69) is 20.8 Å². The SMILES string of the molecule is CCCCCCCCCCCCCCCCCCOc1cc(C)cc(C(=O)OC[C@H]2O[C@H](O[C@H]3O[C@H](COC(=O)c4cc(OCCCCCCCCCCCCCCCCCC)cc(OCCCCCCCCCCCCCCCCCC)c4)[C@@H](O)[C@H](O)[C@H]3O)[C@H](O)[C@@H](O)[C@@H]2O)c1. The average molecular weight is 1370 g/mol. The van der Waals surface area contributed by atoms with Crippen molar-refractivity contribution in [3.05, 3.63) is 53.1 Å². The van der Waals surface area contributed by atoms with Gasteiger partial charge in [0.2, 0.25) is 0 Å². The molecule has 0 amide bonds. The lowest BCUT2D eigenvalue weighted by Crippen LogP contribution is -2.64. The van der Waals surface area contributed by atoms with Gasteiger partial charge in [-0.05, 0) is 62.1 Å². The largest absolute Gasteiger partial charge is 0.494 e. The molecule has 16 heteroatoms. The van der Waals surface area contributed by atoms with Gasteiger partial charge in [0, 0.05) is 6.07 Å². The fourth-order valence-corrected chi connectivity index (χ4v) is 13.3. The quantitative estimate of drug-likeness (QED) is 0.0267. The van der Waals surface area contributed by atoms with E-state index < -0.39 is 86.6 Å². The van der Waals surface area contributed by atoms with Crippen LogP contribution in [0.4, 0.5) is 0 Å². The lowest BCUT2D eigenvalue weighted by molar-refractivity contribution is -0.376. The lowest BCUT2D eigenvalue weighted by Gasteiger charge is -2.44. The van der Waals surface area contributed by atoms with Crippen molar-refractivity contribution in [3.63, 3.8) is 0 Å². The average Bonchev–Trinajstić information content (AvgIpc) is 0.809. The molecule has 16 nitrogen and oxygen atoms in total. The number of aryl methyl sites for hydroxylation is 1. The summed E-state index contributed by atoms with van der Waals surface area (Å²) in [5, 5.41) is 66.1. The minimum atomic E-state index is -1.91. The molecule has 0 unspecified atom stereocenters. The molecular formula is C81H140O16. The van der Waals surface area contributed by atoms with Gasteiger partial charge in [-0.3, -0.25) is 0 Å². The standard InChI is InChI=1S/C81H140O16/c1-5-8-11-14-17-20-23-26-29-32-35-38-41-44-47-50-53-90-67-57-64(4)56-65(58-67)78(88)93-62-70-72(82)74(84)76(86)80(95-70)97-81-77(87)75(85)73(83)71(96-81)63-94-79(89)66-59-68(91-54-51-48-45-42-39-36-33-30-27-24-21-18-15-12-9-6-2)61-69(60-66)92-55-52-49-46-43-40-37-34-31-28-25-22-19-16-13-10-7-3/h56-61,70-77,80-87H,5-55,62-63H2,1-4H3/t70-,71-,72-,73-,74+,75+,76-,77-,80-,81-/m1/s1. The van der Waals surface area contributed by atoms with Crippen LogP contribution in [0, 0.1) is 6.92 Å². The van der Waals surface area contributed by atoms with Crippen molar-refractivity contribution in [2.45, 2.75) is 397 Å². The van der Waals surface area contributed by atoms with Crippen LogP contribution >= 0.6 is 0 Å². The fraction of sp³-hybridized carbons (Fsp3) is 0.827. The van der Waals surface area contributed by atoms with Crippen LogP contribution < -0.4 is 14.2 Å². The number of esters is 2. The van der Waals surface area contributed by atoms with Crippen LogP contribution in [0.15, 0.2) is 36.4 Å². The maximum atomic E-state index is 13.9. The van der Waals surface area contributed by atoms with Gasteiger partial charge in [0.25, 0.3) is 0 Å². The highest BCUT2D eigenvalue weighted by molar-refractivity contribution is 5.91. The monoisotopic (exact) mass is 1370 g/mol. The van der Waals surface area contributed by atoms with Crippen LogP contribution in [0.3, 0.4) is 0 Å². The number of carbonyl (C=O) groups excluding carboxylic acids is 2. The van der Waals surface area contributed by atoms with Crippen molar-refractivity contribution in [2.75, 3.05) is 33.0 Å². The molecule has 0 bridgehead atoms. The minimum Gasteiger partial charge on any atom is -0.494 e. The normalized spacial score (nSPS) is 21.1. The lowest BCUT2D eigenvalue weighted by atomic mass is 9.98. The highest BCUT2D eigenvalue weighted by Gasteiger charge is 2.50. The number of rotatable bonds is 62. The molecular weight excluding hydrogens is 1230 g/mol. The molecule has 4 rings (SSSR count). The van der Waals surface area contributed by atoms with Gasteiger partial charge in [0.15, 0.2) is 12.6 Å². The minimum absolute atomic E-state index is 0.139. The van der Waals surface area contributed by atoms with Crippen molar-refractivity contribution in [3.8, 4) is 17.2 Å². The van der Waals surface area contributed by atoms with Crippen molar-refractivity contribution >= 4 is 11.9 Å². The molecule has 0 spiro atoms. The predicted octanol–water partition coefficient (Wildman–Crippen LogP) is 18.6. The Balaban J connectivity index is 1.23. The second-order valence-electron chi connectivity index (χ2n) is 28.5. The molecule has 2 aromatic carbocycles. The summed E-state index contributed by atoms with van der Waals surface area (Å²) in [6.07, 6.45) is 43.5. The first-order valence-corrected chi connectivity index (χ1v) is 39.9. The Hall–Kier alpha value is -3.58. The first-order valence-electron chi connectivity index (χ1n) is 39.9. The van der Waals surface area contributed by atoms with Crippen LogP contribution in [0.5, 0.6) is 17.2 Å². The van der Waals surface area contributed by atoms with Gasteiger partial charge in [-0.15, -0.1) is 0 Å². The van der Waals surface area contributed by atoms with E-state index in [0.29, 0.717) is 37.1 Å². The molecule has 0 aliphatic carbocycles. The third kappa shape index (κ3) is 38.9. The first-order chi connectivity index (χ1) is 47.4. The molecule has 2 saturated heterocycles. The smallest absolute Gasteiger partial charge is 0.338 e. The van der Waals surface area contributed by atoms with Crippen LogP contribution in [0.2, 0.25) is 0 Å². The third-order valence-electron chi connectivity index (χ3n) is 19.6. The molecule has 2 aliphatic rings. The second kappa shape index (κ2) is 56.0. The zero-order valence-corrected chi connectivity index (χ0v) is 61.5. The van der Waals surface area contributed by atoms with Crippen LogP contribution in [0.25, 0.3) is 0 Å². The molecule has 6 N–H and O–H groups in total. The zero-order valence-electron chi connectivity index (χ0n) is 61.5. The molecule has 2 aromatic rings. The van der Waals surface area contributed by atoms with Crippen molar-refractivity contribution in [1.82, 2.24) is 0 Å². The molecule has 2 heterocycles. The predicted molar refractivity (Wildman–Crippen MR) is 388 cm³/mol. The topological polar surface area (TPSA) is 229 Å². The van der Waals surface area contributed by atoms with Gasteiger partial charge in [-0.1, -0.05) is 310 Å². The molecule has 2 fully saturated rings. The number of unbranched alkanes of at least 4 members (excludes halogenated alkanes) is 45. The Bertz CT molecular complexity index is 2170. The Morgan fingerprint density at radius 2 is 0.546 bits per heavy atom. The maximum absolute atomic E-state index is 13.9. The van der Waals surface area contributed by atoms with Gasteiger partial charge in [-0.25, -0.2) is 9.59 Å². The molecule has 97 heavy (non-hydrogen) atoms. The van der Waals surface area contributed by atoms with Crippen LogP contribution in [-0.2, 0) is 23.7 Å². The van der Waals surface area contributed by atoms with E-state index in [-0.39, 0.29) is 11.1 Å². The number of aliphatic hydroxyl groups excluding tert-OH is 6.